The van der Waals surface area contributed by atoms with E-state index in [1.165, 1.54) is 0 Å². The summed E-state index contributed by atoms with van der Waals surface area (Å²) < 4.78 is 1.93. The van der Waals surface area contributed by atoms with Gasteiger partial charge in [0.1, 0.15) is 5.82 Å². The number of imidazole rings is 1. The van der Waals surface area contributed by atoms with Crippen LogP contribution in [-0.4, -0.2) is 20.6 Å². The van der Waals surface area contributed by atoms with Gasteiger partial charge in [0.2, 0.25) is 0 Å². The third kappa shape index (κ3) is 5.28. The maximum Gasteiger partial charge on any atom is 0.306 e. The third-order valence-corrected chi connectivity index (χ3v) is 5.46. The zero-order chi connectivity index (χ0) is 21.0. The fourth-order valence-electron chi connectivity index (χ4n) is 3.08. The lowest BCUT2D eigenvalue weighted by Gasteiger charge is -2.14. The molecule has 0 fully saturated rings. The van der Waals surface area contributed by atoms with Crippen LogP contribution in [0.15, 0.2) is 48.5 Å². The molecule has 0 radical (unpaired) electrons. The van der Waals surface area contributed by atoms with Gasteiger partial charge in [0, 0.05) is 11.4 Å². The minimum atomic E-state index is -0.862. The molecule has 0 amide bonds. The SMILES string of the molecule is Cc1nc(Cl)c(CC(C)C(=O)O)n1Cc1ccc(C=Cc2ccccc2)cc1Cl. The smallest absolute Gasteiger partial charge is 0.306 e. The van der Waals surface area contributed by atoms with Crippen molar-refractivity contribution < 1.29 is 9.90 Å². The highest BCUT2D eigenvalue weighted by Gasteiger charge is 2.20. The minimum absolute atomic E-state index is 0.310. The molecular formula is C23H22Cl2N2O2. The Hall–Kier alpha value is -2.56. The number of aryl methyl sites for hydroxylation is 1. The number of carboxylic acids is 1. The lowest BCUT2D eigenvalue weighted by Crippen LogP contribution is -2.16. The summed E-state index contributed by atoms with van der Waals surface area (Å²) >= 11 is 12.8. The van der Waals surface area contributed by atoms with Crippen LogP contribution in [-0.2, 0) is 17.8 Å². The monoisotopic (exact) mass is 428 g/mol. The van der Waals surface area contributed by atoms with E-state index in [0.717, 1.165) is 22.5 Å². The molecule has 0 spiro atoms. The molecular weight excluding hydrogens is 407 g/mol. The first kappa shape index (κ1) is 21.2. The van der Waals surface area contributed by atoms with Gasteiger partial charge < -0.3 is 9.67 Å². The lowest BCUT2D eigenvalue weighted by molar-refractivity contribution is -0.141. The van der Waals surface area contributed by atoms with Gasteiger partial charge in [-0.25, -0.2) is 4.98 Å². The first-order chi connectivity index (χ1) is 13.8. The van der Waals surface area contributed by atoms with Crippen molar-refractivity contribution >= 4 is 41.3 Å². The summed E-state index contributed by atoms with van der Waals surface area (Å²) in [5.41, 5.74) is 3.75. The van der Waals surface area contributed by atoms with Gasteiger partial charge in [-0.2, -0.15) is 0 Å². The van der Waals surface area contributed by atoms with Crippen molar-refractivity contribution in [2.45, 2.75) is 26.8 Å². The molecule has 29 heavy (non-hydrogen) atoms. The Bertz CT molecular complexity index is 1040. The predicted molar refractivity (Wildman–Crippen MR) is 118 cm³/mol. The van der Waals surface area contributed by atoms with Crippen LogP contribution in [0, 0.1) is 12.8 Å². The summed E-state index contributed by atoms with van der Waals surface area (Å²) in [6, 6.07) is 16.0. The number of carbonyl (C=O) groups is 1. The van der Waals surface area contributed by atoms with Crippen LogP contribution < -0.4 is 0 Å². The van der Waals surface area contributed by atoms with Crippen molar-refractivity contribution in [3.63, 3.8) is 0 Å². The van der Waals surface area contributed by atoms with E-state index in [0.29, 0.717) is 28.8 Å². The Labute approximate surface area is 180 Å². The number of carboxylic acid groups (broad SMARTS) is 1. The van der Waals surface area contributed by atoms with Gasteiger partial charge in [0.25, 0.3) is 0 Å². The molecule has 1 heterocycles. The highest BCUT2D eigenvalue weighted by Crippen LogP contribution is 2.25. The Kier molecular flexibility index (Phi) is 6.78. The fourth-order valence-corrected chi connectivity index (χ4v) is 3.63. The Morgan fingerprint density at radius 1 is 1.14 bits per heavy atom. The third-order valence-electron chi connectivity index (χ3n) is 4.81. The lowest BCUT2D eigenvalue weighted by atomic mass is 10.1. The van der Waals surface area contributed by atoms with Crippen LogP contribution in [0.1, 0.15) is 35.1 Å². The second-order valence-electron chi connectivity index (χ2n) is 7.02. The van der Waals surface area contributed by atoms with E-state index in [2.05, 4.69) is 4.98 Å². The molecule has 3 aromatic rings. The number of rotatable bonds is 7. The van der Waals surface area contributed by atoms with Crippen molar-refractivity contribution in [3.05, 3.63) is 86.9 Å². The van der Waals surface area contributed by atoms with Crippen LogP contribution in [0.25, 0.3) is 12.2 Å². The standard InChI is InChI=1S/C23H22Cl2N2O2/c1-15(23(28)29)12-21-22(25)26-16(2)27(21)14-19-11-10-18(13-20(19)24)9-8-17-6-4-3-5-7-17/h3-11,13,15H,12,14H2,1-2H3,(H,28,29). The fraction of sp³-hybridized carbons (Fsp3) is 0.217. The summed E-state index contributed by atoms with van der Waals surface area (Å²) in [5.74, 6) is -0.686. The van der Waals surface area contributed by atoms with Gasteiger partial charge in [-0.3, -0.25) is 4.79 Å². The van der Waals surface area contributed by atoms with Crippen molar-refractivity contribution in [2.24, 2.45) is 5.92 Å². The van der Waals surface area contributed by atoms with Crippen molar-refractivity contribution in [1.29, 1.82) is 0 Å². The molecule has 0 aliphatic carbocycles. The molecule has 0 saturated carbocycles. The molecule has 6 heteroatoms. The maximum atomic E-state index is 11.2. The van der Waals surface area contributed by atoms with Gasteiger partial charge in [-0.1, -0.05) is 84.7 Å². The van der Waals surface area contributed by atoms with Crippen molar-refractivity contribution in [2.75, 3.05) is 0 Å². The van der Waals surface area contributed by atoms with Crippen LogP contribution >= 0.6 is 23.2 Å². The molecule has 1 atom stereocenters. The van der Waals surface area contributed by atoms with E-state index in [4.69, 9.17) is 23.2 Å². The van der Waals surface area contributed by atoms with E-state index in [1.807, 2.05) is 72.2 Å². The zero-order valence-corrected chi connectivity index (χ0v) is 17.8. The Balaban J connectivity index is 1.82. The molecule has 0 saturated heterocycles. The summed E-state index contributed by atoms with van der Waals surface area (Å²) in [7, 11) is 0. The molecule has 0 aliphatic heterocycles. The topological polar surface area (TPSA) is 55.1 Å². The van der Waals surface area contributed by atoms with Gasteiger partial charge in [-0.05, 0) is 29.7 Å². The normalized spacial score (nSPS) is 12.4. The molecule has 0 bridgehead atoms. The average Bonchev–Trinajstić information content (AvgIpc) is 2.95. The molecule has 2 aromatic carbocycles. The van der Waals surface area contributed by atoms with Crippen LogP contribution in [0.3, 0.4) is 0 Å². The molecule has 0 aliphatic rings. The second kappa shape index (κ2) is 9.29. The maximum absolute atomic E-state index is 11.2. The molecule has 150 valence electrons. The minimum Gasteiger partial charge on any atom is -0.481 e. The quantitative estimate of drug-likeness (QED) is 0.470. The number of hydrogen-bond acceptors (Lipinski definition) is 2. The highest BCUT2D eigenvalue weighted by molar-refractivity contribution is 6.31. The van der Waals surface area contributed by atoms with Gasteiger partial charge >= 0.3 is 5.97 Å². The van der Waals surface area contributed by atoms with E-state index < -0.39 is 11.9 Å². The number of halogens is 2. The van der Waals surface area contributed by atoms with Gasteiger partial charge in [0.15, 0.2) is 5.15 Å². The zero-order valence-electron chi connectivity index (χ0n) is 16.3. The summed E-state index contributed by atoms with van der Waals surface area (Å²) in [6.45, 7) is 3.99. The number of aliphatic carboxylic acids is 1. The second-order valence-corrected chi connectivity index (χ2v) is 7.79. The molecule has 4 nitrogen and oxygen atoms in total. The molecule has 3 rings (SSSR count). The highest BCUT2D eigenvalue weighted by atomic mass is 35.5. The number of benzene rings is 2. The average molecular weight is 429 g/mol. The summed E-state index contributed by atoms with van der Waals surface area (Å²) in [5, 5.41) is 10.2. The van der Waals surface area contributed by atoms with Gasteiger partial charge in [0.05, 0.1) is 18.2 Å². The van der Waals surface area contributed by atoms with Gasteiger partial charge in [-0.15, -0.1) is 0 Å². The largest absolute Gasteiger partial charge is 0.481 e. The summed E-state index contributed by atoms with van der Waals surface area (Å²) in [6.07, 6.45) is 4.37. The summed E-state index contributed by atoms with van der Waals surface area (Å²) in [4.78, 5) is 15.6. The van der Waals surface area contributed by atoms with Crippen molar-refractivity contribution in [1.82, 2.24) is 9.55 Å². The first-order valence-corrected chi connectivity index (χ1v) is 10.1. The van der Waals surface area contributed by atoms with Crippen LogP contribution in [0.4, 0.5) is 0 Å². The van der Waals surface area contributed by atoms with Crippen molar-refractivity contribution in [3.8, 4) is 0 Å². The first-order valence-electron chi connectivity index (χ1n) is 9.31. The number of aromatic nitrogens is 2. The molecule has 1 unspecified atom stereocenters. The van der Waals surface area contributed by atoms with E-state index in [1.54, 1.807) is 6.92 Å². The molecule has 1 N–H and O–H groups in total. The van der Waals surface area contributed by atoms with Crippen LogP contribution in [0.5, 0.6) is 0 Å². The van der Waals surface area contributed by atoms with E-state index >= 15 is 0 Å². The number of nitrogens with zero attached hydrogens (tertiary/aromatic N) is 2. The van der Waals surface area contributed by atoms with E-state index in [9.17, 15) is 9.90 Å². The Morgan fingerprint density at radius 2 is 1.83 bits per heavy atom. The number of hydrogen-bond donors (Lipinski definition) is 1. The molecule has 1 aromatic heterocycles. The Morgan fingerprint density at radius 3 is 2.48 bits per heavy atom. The van der Waals surface area contributed by atoms with E-state index in [-0.39, 0.29) is 0 Å². The van der Waals surface area contributed by atoms with Crippen LogP contribution in [0.2, 0.25) is 10.2 Å². The predicted octanol–water partition coefficient (Wildman–Crippen LogP) is 5.98.